The molecule has 0 bridgehead atoms. The van der Waals surface area contributed by atoms with Gasteiger partial charge in [-0.25, -0.2) is 0 Å². The van der Waals surface area contributed by atoms with Crippen molar-refractivity contribution in [3.05, 3.63) is 46.6 Å². The molecule has 0 saturated carbocycles. The molecule has 0 aromatic carbocycles. The molecule has 0 N–H and O–H groups in total. The van der Waals surface area contributed by atoms with Crippen LogP contribution in [0.5, 0.6) is 0 Å². The van der Waals surface area contributed by atoms with Crippen LogP contribution in [0.1, 0.15) is 41.5 Å². The monoisotopic (exact) mass is 394 g/mol. The minimum absolute atomic E-state index is 0.426. The van der Waals surface area contributed by atoms with E-state index in [0.717, 1.165) is 0 Å². The first kappa shape index (κ1) is 13.3. The van der Waals surface area contributed by atoms with E-state index in [-0.39, 0.29) is 0 Å². The Hall–Kier alpha value is -0.170. The zero-order valence-electron chi connectivity index (χ0n) is 11.8. The Morgan fingerprint density at radius 3 is 1.35 bits per heavy atom. The summed E-state index contributed by atoms with van der Waals surface area (Å²) in [5.74, 6) is 0. The maximum absolute atomic E-state index is 2.47. The molecule has 2 aliphatic rings. The molecule has 0 aromatic heterocycles. The van der Waals surface area contributed by atoms with E-state index in [1.165, 1.54) is 11.1 Å². The Morgan fingerprint density at radius 1 is 0.765 bits per heavy atom. The van der Waals surface area contributed by atoms with E-state index < -0.39 is 22.9 Å². The second kappa shape index (κ2) is 4.19. The molecule has 0 fully saturated rings. The van der Waals surface area contributed by atoms with Crippen LogP contribution < -0.4 is 0 Å². The SMILES string of the molecule is CC1=C(C)[C](C)([Hf][C]2(C)C=CC(C)=C2C)C=C1. The van der Waals surface area contributed by atoms with Crippen molar-refractivity contribution in [1.29, 1.82) is 0 Å². The van der Waals surface area contributed by atoms with E-state index in [2.05, 4.69) is 65.8 Å². The predicted octanol–water partition coefficient (Wildman–Crippen LogP) is 5.24. The summed E-state index contributed by atoms with van der Waals surface area (Å²) in [5.41, 5.74) is 6.22. The summed E-state index contributed by atoms with van der Waals surface area (Å²) in [6, 6.07) is 0. The molecule has 0 heterocycles. The number of allylic oxidation sites excluding steroid dienone is 8. The summed E-state index contributed by atoms with van der Waals surface area (Å²) in [6.45, 7) is 14.1. The van der Waals surface area contributed by atoms with Gasteiger partial charge in [-0.05, 0) is 0 Å². The fraction of sp³-hybridized carbons (Fsp3) is 0.500. The minimum atomic E-state index is -0.859. The molecule has 2 atom stereocenters. The van der Waals surface area contributed by atoms with Gasteiger partial charge in [0.2, 0.25) is 0 Å². The Bertz CT molecular complexity index is 432. The maximum atomic E-state index is 2.47. The van der Waals surface area contributed by atoms with Gasteiger partial charge in [-0.15, -0.1) is 0 Å². The third-order valence-corrected chi connectivity index (χ3v) is 12.2. The van der Waals surface area contributed by atoms with Crippen LogP contribution in [0, 0.1) is 0 Å². The van der Waals surface area contributed by atoms with Crippen molar-refractivity contribution in [2.75, 3.05) is 0 Å². The fourth-order valence-corrected chi connectivity index (χ4v) is 10.6. The van der Waals surface area contributed by atoms with Crippen molar-refractivity contribution < 1.29 is 22.9 Å². The van der Waals surface area contributed by atoms with Gasteiger partial charge in [-0.1, -0.05) is 0 Å². The van der Waals surface area contributed by atoms with E-state index in [0.29, 0.717) is 6.34 Å². The molecule has 0 radical (unpaired) electrons. The van der Waals surface area contributed by atoms with Crippen LogP contribution in [0.25, 0.3) is 0 Å². The Morgan fingerprint density at radius 2 is 1.12 bits per heavy atom. The molecule has 2 aliphatic carbocycles. The number of rotatable bonds is 2. The average Bonchev–Trinajstić information content (AvgIpc) is 2.66. The summed E-state index contributed by atoms with van der Waals surface area (Å²) in [6.07, 6.45) is 9.61. The first-order valence-electron chi connectivity index (χ1n) is 6.32. The fourth-order valence-electron chi connectivity index (χ4n) is 2.71. The quantitative estimate of drug-likeness (QED) is 0.564. The Kier molecular flexibility index (Phi) is 3.27. The van der Waals surface area contributed by atoms with Gasteiger partial charge < -0.3 is 0 Å². The van der Waals surface area contributed by atoms with Crippen molar-refractivity contribution >= 4 is 0 Å². The summed E-state index contributed by atoms with van der Waals surface area (Å²) in [4.78, 5) is 0. The van der Waals surface area contributed by atoms with E-state index in [1.54, 1.807) is 11.1 Å². The molecule has 2 rings (SSSR count). The third-order valence-electron chi connectivity index (χ3n) is 4.59. The van der Waals surface area contributed by atoms with Crippen molar-refractivity contribution in [3.8, 4) is 0 Å². The number of hydrogen-bond donors (Lipinski definition) is 0. The van der Waals surface area contributed by atoms with Gasteiger partial charge in [-0.2, -0.15) is 0 Å². The van der Waals surface area contributed by atoms with Crippen LogP contribution in [-0.4, -0.2) is 0 Å². The molecule has 0 saturated heterocycles. The van der Waals surface area contributed by atoms with E-state index in [1.807, 2.05) is 0 Å². The number of hydrogen-bond acceptors (Lipinski definition) is 0. The average molecular weight is 393 g/mol. The molecule has 90 valence electrons. The molecule has 17 heavy (non-hydrogen) atoms. The second-order valence-electron chi connectivity index (χ2n) is 5.81. The van der Waals surface area contributed by atoms with Crippen LogP contribution >= 0.6 is 0 Å². The van der Waals surface area contributed by atoms with Crippen LogP contribution in [0.15, 0.2) is 46.6 Å². The molecule has 1 heteroatoms. The van der Waals surface area contributed by atoms with Crippen LogP contribution in [0.2, 0.25) is 6.34 Å². The van der Waals surface area contributed by atoms with Crippen LogP contribution in [0.3, 0.4) is 0 Å². The van der Waals surface area contributed by atoms with Crippen molar-refractivity contribution in [1.82, 2.24) is 0 Å². The van der Waals surface area contributed by atoms with Gasteiger partial charge in [0, 0.05) is 0 Å². The van der Waals surface area contributed by atoms with Gasteiger partial charge >= 0.3 is 117 Å². The third kappa shape index (κ3) is 2.12. The van der Waals surface area contributed by atoms with E-state index in [9.17, 15) is 0 Å². The molecule has 0 aromatic rings. The normalized spacial score (nSPS) is 36.4. The van der Waals surface area contributed by atoms with Crippen molar-refractivity contribution in [2.45, 2.75) is 47.9 Å². The molecule has 0 aliphatic heterocycles. The Labute approximate surface area is 117 Å². The molecular weight excluding hydrogens is 371 g/mol. The summed E-state index contributed by atoms with van der Waals surface area (Å²) >= 11 is -0.859. The summed E-state index contributed by atoms with van der Waals surface area (Å²) in [7, 11) is 0. The molecule has 0 amide bonds. The Balaban J connectivity index is 2.31. The second-order valence-corrected chi connectivity index (χ2v) is 14.2. The van der Waals surface area contributed by atoms with E-state index >= 15 is 0 Å². The molecule has 2 unspecified atom stereocenters. The van der Waals surface area contributed by atoms with Gasteiger partial charge in [-0.3, -0.25) is 0 Å². The summed E-state index contributed by atoms with van der Waals surface area (Å²) < 4.78 is 0.851. The van der Waals surface area contributed by atoms with Crippen LogP contribution in [0.4, 0.5) is 0 Å². The topological polar surface area (TPSA) is 0 Å². The van der Waals surface area contributed by atoms with Crippen molar-refractivity contribution in [3.63, 3.8) is 0 Å². The van der Waals surface area contributed by atoms with Crippen molar-refractivity contribution in [2.24, 2.45) is 0 Å². The molecular formula is C16H22Hf. The van der Waals surface area contributed by atoms with Gasteiger partial charge in [0.1, 0.15) is 0 Å². The van der Waals surface area contributed by atoms with Gasteiger partial charge in [0.05, 0.1) is 0 Å². The zero-order chi connectivity index (χ0) is 12.8. The molecule has 0 nitrogen and oxygen atoms in total. The zero-order valence-corrected chi connectivity index (χ0v) is 15.4. The van der Waals surface area contributed by atoms with E-state index in [4.69, 9.17) is 0 Å². The molecule has 0 spiro atoms. The predicted molar refractivity (Wildman–Crippen MR) is 71.8 cm³/mol. The standard InChI is InChI=1S/2C8H11.Hf/c2*1-6-4-5-7(2)8(6)3;/h2*4-5H,1-3H3;. The first-order valence-corrected chi connectivity index (χ1v) is 9.91. The first-order chi connectivity index (χ1) is 7.78. The van der Waals surface area contributed by atoms with Gasteiger partial charge in [0.15, 0.2) is 0 Å². The van der Waals surface area contributed by atoms with Crippen LogP contribution in [-0.2, 0) is 22.9 Å². The van der Waals surface area contributed by atoms with Gasteiger partial charge in [0.25, 0.3) is 0 Å². The summed E-state index contributed by atoms with van der Waals surface area (Å²) in [5, 5.41) is 0.